The number of amides is 1. The first kappa shape index (κ1) is 15.1. The van der Waals surface area contributed by atoms with Gasteiger partial charge >= 0.3 is 0 Å². The van der Waals surface area contributed by atoms with Gasteiger partial charge in [0.15, 0.2) is 5.76 Å². The van der Waals surface area contributed by atoms with Gasteiger partial charge in [0.05, 0.1) is 11.8 Å². The van der Waals surface area contributed by atoms with Crippen LogP contribution >= 0.6 is 0 Å². The molecule has 1 fully saturated rings. The van der Waals surface area contributed by atoms with Gasteiger partial charge in [0.25, 0.3) is 5.91 Å². The van der Waals surface area contributed by atoms with Crippen LogP contribution in [0.25, 0.3) is 0 Å². The number of nitrogens with zero attached hydrogens (tertiary/aromatic N) is 3. The van der Waals surface area contributed by atoms with Gasteiger partial charge in [-0.2, -0.15) is 5.26 Å². The number of hydrogen-bond donors (Lipinski definition) is 1. The normalized spacial score (nSPS) is 15.2. The van der Waals surface area contributed by atoms with E-state index in [0.717, 1.165) is 37.3 Å². The molecule has 1 aliphatic heterocycles. The maximum atomic E-state index is 12.2. The molecule has 1 aliphatic rings. The summed E-state index contributed by atoms with van der Waals surface area (Å²) in [6.07, 6.45) is 4.83. The smallest absolute Gasteiger partial charge is 0.287 e. The van der Waals surface area contributed by atoms with Crippen LogP contribution in [-0.2, 0) is 0 Å². The molecule has 23 heavy (non-hydrogen) atoms. The average Bonchev–Trinajstić information content (AvgIpc) is 3.02. The first-order valence-corrected chi connectivity index (χ1v) is 7.63. The molecule has 0 atom stereocenters. The van der Waals surface area contributed by atoms with E-state index in [1.54, 1.807) is 18.3 Å². The summed E-state index contributed by atoms with van der Waals surface area (Å²) >= 11 is 0. The summed E-state index contributed by atoms with van der Waals surface area (Å²) in [5.74, 6) is 1.11. The number of nitrogens with one attached hydrogen (secondary N) is 1. The van der Waals surface area contributed by atoms with Crippen LogP contribution in [0, 0.1) is 18.3 Å². The van der Waals surface area contributed by atoms with E-state index >= 15 is 0 Å². The van der Waals surface area contributed by atoms with Gasteiger partial charge in [-0.3, -0.25) is 4.79 Å². The molecule has 2 aromatic heterocycles. The van der Waals surface area contributed by atoms with Gasteiger partial charge < -0.3 is 14.6 Å². The molecule has 1 N–H and O–H groups in total. The number of carbonyl (C=O) groups is 1. The lowest BCUT2D eigenvalue weighted by Crippen LogP contribution is -2.45. The fourth-order valence-electron chi connectivity index (χ4n) is 2.75. The highest BCUT2D eigenvalue weighted by Gasteiger charge is 2.23. The molecule has 1 saturated heterocycles. The number of aromatic nitrogens is 1. The van der Waals surface area contributed by atoms with Crippen molar-refractivity contribution in [1.82, 2.24) is 10.3 Å². The molecule has 118 valence electrons. The third-order valence-corrected chi connectivity index (χ3v) is 4.10. The van der Waals surface area contributed by atoms with Crippen molar-refractivity contribution in [3.63, 3.8) is 0 Å². The van der Waals surface area contributed by atoms with Crippen molar-refractivity contribution in [3.05, 3.63) is 47.5 Å². The summed E-state index contributed by atoms with van der Waals surface area (Å²) < 4.78 is 5.22. The van der Waals surface area contributed by atoms with Gasteiger partial charge in [0, 0.05) is 30.9 Å². The number of furan rings is 1. The number of aryl methyl sites for hydroxylation is 1. The monoisotopic (exact) mass is 310 g/mol. The van der Waals surface area contributed by atoms with E-state index in [-0.39, 0.29) is 11.9 Å². The third-order valence-electron chi connectivity index (χ3n) is 4.10. The van der Waals surface area contributed by atoms with Gasteiger partial charge in [-0.25, -0.2) is 4.98 Å². The molecule has 0 aliphatic carbocycles. The molecule has 6 nitrogen and oxygen atoms in total. The van der Waals surface area contributed by atoms with Crippen LogP contribution in [0.4, 0.5) is 5.82 Å². The van der Waals surface area contributed by atoms with Crippen molar-refractivity contribution in [2.24, 2.45) is 0 Å². The number of carbonyl (C=O) groups excluding carboxylic acids is 1. The van der Waals surface area contributed by atoms with Crippen molar-refractivity contribution in [2.75, 3.05) is 18.0 Å². The average molecular weight is 310 g/mol. The zero-order valence-electron chi connectivity index (χ0n) is 13.0. The minimum Gasteiger partial charge on any atom is -0.459 e. The largest absolute Gasteiger partial charge is 0.459 e. The lowest BCUT2D eigenvalue weighted by atomic mass is 10.0. The Hall–Kier alpha value is -2.81. The number of rotatable bonds is 3. The maximum absolute atomic E-state index is 12.2. The lowest BCUT2D eigenvalue weighted by molar-refractivity contribution is 0.0902. The Morgan fingerprint density at radius 3 is 2.74 bits per heavy atom. The molecule has 0 radical (unpaired) electrons. The molecule has 0 bridgehead atoms. The first-order valence-electron chi connectivity index (χ1n) is 7.63. The molecule has 0 unspecified atom stereocenters. The standard InChI is InChI=1S/C17H18N4O2/c1-12-6-9-23-16(12)17(22)20-14-4-7-21(8-5-14)15-3-2-13(10-18)11-19-15/h2-3,6,9,11,14H,4-5,7-8H2,1H3,(H,20,22). The van der Waals surface area contributed by atoms with E-state index in [4.69, 9.17) is 9.68 Å². The number of anilines is 1. The molecule has 3 heterocycles. The Morgan fingerprint density at radius 2 is 2.17 bits per heavy atom. The Labute approximate surface area is 134 Å². The Bertz CT molecular complexity index is 722. The molecule has 6 heteroatoms. The van der Waals surface area contributed by atoms with Crippen LogP contribution in [0.3, 0.4) is 0 Å². The van der Waals surface area contributed by atoms with E-state index in [1.165, 1.54) is 6.26 Å². The predicted octanol–water partition coefficient (Wildman–Crippen LogP) is 2.25. The summed E-state index contributed by atoms with van der Waals surface area (Å²) in [5.41, 5.74) is 1.41. The topological polar surface area (TPSA) is 82.2 Å². The van der Waals surface area contributed by atoms with E-state index in [9.17, 15) is 4.79 Å². The van der Waals surface area contributed by atoms with Crippen LogP contribution in [0.15, 0.2) is 35.1 Å². The summed E-state index contributed by atoms with van der Waals surface area (Å²) in [4.78, 5) is 18.6. The summed E-state index contributed by atoms with van der Waals surface area (Å²) in [6.45, 7) is 3.50. The van der Waals surface area contributed by atoms with Crippen LogP contribution in [0.2, 0.25) is 0 Å². The molecular formula is C17H18N4O2. The van der Waals surface area contributed by atoms with Crippen molar-refractivity contribution < 1.29 is 9.21 Å². The second-order valence-electron chi connectivity index (χ2n) is 5.68. The Balaban J connectivity index is 1.55. The van der Waals surface area contributed by atoms with E-state index in [1.807, 2.05) is 13.0 Å². The lowest BCUT2D eigenvalue weighted by Gasteiger charge is -2.33. The Morgan fingerprint density at radius 1 is 1.39 bits per heavy atom. The van der Waals surface area contributed by atoms with Crippen molar-refractivity contribution >= 4 is 11.7 Å². The van der Waals surface area contributed by atoms with Crippen LogP contribution in [0.5, 0.6) is 0 Å². The molecule has 2 aromatic rings. The van der Waals surface area contributed by atoms with Crippen LogP contribution in [-0.4, -0.2) is 30.0 Å². The number of hydrogen-bond acceptors (Lipinski definition) is 5. The number of pyridine rings is 1. The summed E-state index contributed by atoms with van der Waals surface area (Å²) in [5, 5.41) is 11.8. The van der Waals surface area contributed by atoms with Gasteiger partial charge in [0.2, 0.25) is 0 Å². The first-order chi connectivity index (χ1) is 11.2. The van der Waals surface area contributed by atoms with Crippen LogP contribution < -0.4 is 10.2 Å². The van der Waals surface area contributed by atoms with Gasteiger partial charge in [-0.15, -0.1) is 0 Å². The van der Waals surface area contributed by atoms with Gasteiger partial charge in [-0.1, -0.05) is 0 Å². The fourth-order valence-corrected chi connectivity index (χ4v) is 2.75. The minimum absolute atomic E-state index is 0.140. The molecule has 0 saturated carbocycles. The SMILES string of the molecule is Cc1ccoc1C(=O)NC1CCN(c2ccc(C#N)cn2)CC1. The van der Waals surface area contributed by atoms with Crippen molar-refractivity contribution in [3.8, 4) is 6.07 Å². The second kappa shape index (κ2) is 6.53. The van der Waals surface area contributed by atoms with E-state index < -0.39 is 0 Å². The molecular weight excluding hydrogens is 292 g/mol. The van der Waals surface area contributed by atoms with Gasteiger partial charge in [0.1, 0.15) is 11.9 Å². The molecule has 3 rings (SSSR count). The molecule has 1 amide bonds. The molecule has 0 spiro atoms. The number of piperidine rings is 1. The number of nitriles is 1. The van der Waals surface area contributed by atoms with E-state index in [0.29, 0.717) is 11.3 Å². The predicted molar refractivity (Wildman–Crippen MR) is 85.1 cm³/mol. The summed E-state index contributed by atoms with van der Waals surface area (Å²) in [7, 11) is 0. The van der Waals surface area contributed by atoms with E-state index in [2.05, 4.69) is 21.3 Å². The highest BCUT2D eigenvalue weighted by Crippen LogP contribution is 2.18. The highest BCUT2D eigenvalue weighted by molar-refractivity contribution is 5.93. The summed E-state index contributed by atoms with van der Waals surface area (Å²) in [6, 6.07) is 7.63. The fraction of sp³-hybridized carbons (Fsp3) is 0.353. The quantitative estimate of drug-likeness (QED) is 0.940. The van der Waals surface area contributed by atoms with Crippen molar-refractivity contribution in [1.29, 1.82) is 5.26 Å². The minimum atomic E-state index is -0.151. The highest BCUT2D eigenvalue weighted by atomic mass is 16.3. The maximum Gasteiger partial charge on any atom is 0.287 e. The van der Waals surface area contributed by atoms with Crippen molar-refractivity contribution in [2.45, 2.75) is 25.8 Å². The molecule has 0 aromatic carbocycles. The zero-order chi connectivity index (χ0) is 16.2. The second-order valence-corrected chi connectivity index (χ2v) is 5.68. The van der Waals surface area contributed by atoms with Gasteiger partial charge in [-0.05, 0) is 38.0 Å². The Kier molecular flexibility index (Phi) is 4.29. The van der Waals surface area contributed by atoms with Crippen LogP contribution in [0.1, 0.15) is 34.5 Å². The third kappa shape index (κ3) is 3.34. The zero-order valence-corrected chi connectivity index (χ0v) is 13.0.